The van der Waals surface area contributed by atoms with Crippen LogP contribution < -0.4 is 0 Å². The molecular formula is C35H60O3. The fourth-order valence-corrected chi connectivity index (χ4v) is 4.58. The van der Waals surface area contributed by atoms with Gasteiger partial charge in [0.25, 0.3) is 0 Å². The minimum atomic E-state index is -1.32. The van der Waals surface area contributed by atoms with E-state index in [9.17, 15) is 4.79 Å². The van der Waals surface area contributed by atoms with Crippen LogP contribution in [0.4, 0.5) is 0 Å². The van der Waals surface area contributed by atoms with E-state index in [-0.39, 0.29) is 0 Å². The first-order valence-electron chi connectivity index (χ1n) is 16.0. The molecule has 3 heteroatoms. The maximum absolute atomic E-state index is 10.4. The molecule has 0 bridgehead atoms. The Morgan fingerprint density at radius 1 is 0.447 bits per heavy atom. The highest BCUT2D eigenvalue weighted by atomic mass is 16.4. The summed E-state index contributed by atoms with van der Waals surface area (Å²) < 4.78 is 0. The molecule has 2 N–H and O–H groups in total. The van der Waals surface area contributed by atoms with Crippen LogP contribution in [0.15, 0.2) is 60.4 Å². The van der Waals surface area contributed by atoms with Crippen molar-refractivity contribution < 1.29 is 15.0 Å². The van der Waals surface area contributed by atoms with Crippen LogP contribution in [0.5, 0.6) is 0 Å². The van der Waals surface area contributed by atoms with Crippen LogP contribution in [0.25, 0.3) is 0 Å². The Morgan fingerprint density at radius 3 is 1.13 bits per heavy atom. The summed E-state index contributed by atoms with van der Waals surface area (Å²) in [6.45, 7) is 2.29. The average Bonchev–Trinajstić information content (AvgIpc) is 2.91. The molecule has 3 nitrogen and oxygen atoms in total. The maximum Gasteiger partial charge on any atom is 0.370 e. The maximum atomic E-state index is 10.4. The van der Waals surface area contributed by atoms with Gasteiger partial charge in [0.2, 0.25) is 5.76 Å². The number of carboxylic acids is 1. The minimum Gasteiger partial charge on any atom is -0.502 e. The Morgan fingerprint density at radius 2 is 0.763 bits per heavy atom. The summed E-state index contributed by atoms with van der Waals surface area (Å²) in [6, 6.07) is 0. The summed E-state index contributed by atoms with van der Waals surface area (Å²) in [5, 5.41) is 17.5. The fraction of sp³-hybridized carbons (Fsp3) is 0.686. The second-order valence-corrected chi connectivity index (χ2v) is 10.7. The Hall–Kier alpha value is -2.03. The van der Waals surface area contributed by atoms with Crippen molar-refractivity contribution in [3.8, 4) is 0 Å². The Kier molecular flexibility index (Phi) is 29.5. The zero-order valence-electron chi connectivity index (χ0n) is 24.8. The van der Waals surface area contributed by atoms with E-state index in [1.165, 1.54) is 147 Å². The van der Waals surface area contributed by atoms with Crippen LogP contribution in [0.3, 0.4) is 0 Å². The summed E-state index contributed by atoms with van der Waals surface area (Å²) >= 11 is 0. The number of hydrogen-bond acceptors (Lipinski definition) is 2. The molecule has 0 saturated carbocycles. The molecule has 0 rings (SSSR count). The highest BCUT2D eigenvalue weighted by Gasteiger charge is 1.99. The van der Waals surface area contributed by atoms with E-state index in [1.807, 2.05) is 18.2 Å². The lowest BCUT2D eigenvalue weighted by atomic mass is 10.0. The molecule has 0 aliphatic rings. The molecule has 0 saturated heterocycles. The number of aliphatic carboxylic acids is 1. The number of aliphatic hydroxyl groups excluding tert-OH is 1. The second kappa shape index (κ2) is 31.2. The standard InChI is InChI=1S/C35H60O3/c1-2-3-4-5-6-7-8-9-10-11-12-13-14-15-16-17-18-19-20-21-22-23-24-25-26-27-28-29-30-31-32-33-34(36)35(37)38/h25-33,36H,2-24H2,1H3,(H,37,38). The normalized spacial score (nSPS) is 12.7. The largest absolute Gasteiger partial charge is 0.502 e. The smallest absolute Gasteiger partial charge is 0.370 e. The van der Waals surface area contributed by atoms with Crippen molar-refractivity contribution in [2.24, 2.45) is 0 Å². The number of hydrogen-bond donors (Lipinski definition) is 2. The third-order valence-corrected chi connectivity index (χ3v) is 7.00. The summed E-state index contributed by atoms with van der Waals surface area (Å²) in [5.41, 5.74) is 0. The van der Waals surface area contributed by atoms with Crippen molar-refractivity contribution >= 4 is 5.97 Å². The van der Waals surface area contributed by atoms with Gasteiger partial charge in [-0.05, 0) is 18.9 Å². The van der Waals surface area contributed by atoms with Gasteiger partial charge in [-0.25, -0.2) is 4.79 Å². The first-order chi connectivity index (χ1) is 18.7. The number of rotatable bonds is 28. The third-order valence-electron chi connectivity index (χ3n) is 7.00. The minimum absolute atomic E-state index is 0.663. The van der Waals surface area contributed by atoms with Gasteiger partial charge in [0.05, 0.1) is 0 Å². The molecule has 0 aromatic carbocycles. The molecule has 0 aromatic heterocycles. The lowest BCUT2D eigenvalue weighted by Gasteiger charge is -2.04. The van der Waals surface area contributed by atoms with Crippen molar-refractivity contribution in [3.05, 3.63) is 60.4 Å². The SMILES string of the molecule is CCCCCCCCCCCCCCCCCCCCCCCCC=CC=CC=CC=CC=C(O)C(=O)O. The lowest BCUT2D eigenvalue weighted by molar-refractivity contribution is -0.135. The molecule has 0 heterocycles. The zero-order chi connectivity index (χ0) is 27.8. The van der Waals surface area contributed by atoms with Crippen molar-refractivity contribution in [1.29, 1.82) is 0 Å². The molecule has 218 valence electrons. The molecule has 38 heavy (non-hydrogen) atoms. The van der Waals surface area contributed by atoms with Gasteiger partial charge in [-0.1, -0.05) is 190 Å². The van der Waals surface area contributed by atoms with Gasteiger partial charge in [0.15, 0.2) is 0 Å². The van der Waals surface area contributed by atoms with Crippen LogP contribution in [-0.2, 0) is 4.79 Å². The first kappa shape index (κ1) is 36.0. The molecule has 0 fully saturated rings. The molecule has 0 aliphatic heterocycles. The highest BCUT2D eigenvalue weighted by Crippen LogP contribution is 2.15. The predicted molar refractivity (Wildman–Crippen MR) is 167 cm³/mol. The van der Waals surface area contributed by atoms with Gasteiger partial charge >= 0.3 is 5.97 Å². The Balaban J connectivity index is 3.28. The van der Waals surface area contributed by atoms with Crippen LogP contribution in [0.1, 0.15) is 155 Å². The number of carbonyl (C=O) groups is 1. The second-order valence-electron chi connectivity index (χ2n) is 10.7. The molecule has 0 aromatic rings. The molecule has 0 spiro atoms. The van der Waals surface area contributed by atoms with Gasteiger partial charge < -0.3 is 10.2 Å². The quantitative estimate of drug-likeness (QED) is 0.0459. The first-order valence-corrected chi connectivity index (χ1v) is 16.0. The van der Waals surface area contributed by atoms with Crippen molar-refractivity contribution in [2.75, 3.05) is 0 Å². The van der Waals surface area contributed by atoms with Crippen molar-refractivity contribution in [3.63, 3.8) is 0 Å². The number of aliphatic hydroxyl groups is 1. The summed E-state index contributed by atoms with van der Waals surface area (Å²) in [6.07, 6.45) is 48.6. The van der Waals surface area contributed by atoms with E-state index in [2.05, 4.69) is 19.1 Å². The van der Waals surface area contributed by atoms with Gasteiger partial charge in [0.1, 0.15) is 0 Å². The molecule has 0 amide bonds. The lowest BCUT2D eigenvalue weighted by Crippen LogP contribution is -1.97. The fourth-order valence-electron chi connectivity index (χ4n) is 4.58. The van der Waals surface area contributed by atoms with Crippen LogP contribution >= 0.6 is 0 Å². The Labute approximate surface area is 235 Å². The van der Waals surface area contributed by atoms with E-state index in [0.29, 0.717) is 0 Å². The van der Waals surface area contributed by atoms with E-state index < -0.39 is 11.7 Å². The number of unbranched alkanes of at least 4 members (excludes halogenated alkanes) is 22. The molecule has 0 unspecified atom stereocenters. The van der Waals surface area contributed by atoms with E-state index >= 15 is 0 Å². The van der Waals surface area contributed by atoms with Crippen molar-refractivity contribution in [2.45, 2.75) is 155 Å². The molecule has 0 radical (unpaired) electrons. The molecular weight excluding hydrogens is 468 g/mol. The van der Waals surface area contributed by atoms with E-state index in [1.54, 1.807) is 12.2 Å². The van der Waals surface area contributed by atoms with Gasteiger partial charge in [-0.15, -0.1) is 0 Å². The van der Waals surface area contributed by atoms with Crippen LogP contribution in [0.2, 0.25) is 0 Å². The van der Waals surface area contributed by atoms with Crippen LogP contribution in [-0.4, -0.2) is 16.2 Å². The summed E-state index contributed by atoms with van der Waals surface area (Å²) in [5.74, 6) is -1.99. The predicted octanol–water partition coefficient (Wildman–Crippen LogP) is 11.7. The topological polar surface area (TPSA) is 57.5 Å². The van der Waals surface area contributed by atoms with E-state index in [4.69, 9.17) is 10.2 Å². The third kappa shape index (κ3) is 30.2. The monoisotopic (exact) mass is 528 g/mol. The average molecular weight is 529 g/mol. The van der Waals surface area contributed by atoms with Gasteiger partial charge in [-0.3, -0.25) is 0 Å². The number of allylic oxidation sites excluding steroid dienone is 9. The van der Waals surface area contributed by atoms with Gasteiger partial charge in [0, 0.05) is 0 Å². The highest BCUT2D eigenvalue weighted by molar-refractivity contribution is 5.84. The number of carboxylic acid groups (broad SMARTS) is 1. The summed E-state index contributed by atoms with van der Waals surface area (Å²) in [7, 11) is 0. The van der Waals surface area contributed by atoms with E-state index in [0.717, 1.165) is 12.5 Å². The van der Waals surface area contributed by atoms with Crippen molar-refractivity contribution in [1.82, 2.24) is 0 Å². The Bertz CT molecular complexity index is 654. The molecule has 0 aliphatic carbocycles. The summed E-state index contributed by atoms with van der Waals surface area (Å²) in [4.78, 5) is 10.4. The zero-order valence-corrected chi connectivity index (χ0v) is 24.8. The van der Waals surface area contributed by atoms with Crippen LogP contribution in [0, 0.1) is 0 Å². The van der Waals surface area contributed by atoms with Gasteiger partial charge in [-0.2, -0.15) is 0 Å². The molecule has 0 atom stereocenters.